The number of nitrogen functional groups attached to an aromatic ring is 2. The monoisotopic (exact) mass is 346 g/mol. The van der Waals surface area contributed by atoms with Crippen LogP contribution in [0.15, 0.2) is 72.0 Å². The van der Waals surface area contributed by atoms with Crippen molar-refractivity contribution in [3.8, 4) is 0 Å². The number of aryl methyl sites for hydroxylation is 2. The second kappa shape index (κ2) is 7.12. The van der Waals surface area contributed by atoms with Crippen molar-refractivity contribution in [3.63, 3.8) is 0 Å². The van der Waals surface area contributed by atoms with Gasteiger partial charge in [-0.15, -0.1) is 0 Å². The molecular weight excluding hydrogens is 320 g/mol. The number of hydrogen-bond donors (Lipinski definition) is 3. The Labute approximate surface area is 155 Å². The fourth-order valence-electron chi connectivity index (χ4n) is 3.27. The van der Waals surface area contributed by atoms with Gasteiger partial charge in [-0.2, -0.15) is 0 Å². The minimum atomic E-state index is 0.00529. The van der Waals surface area contributed by atoms with Crippen LogP contribution in [0, 0.1) is 19.8 Å². The highest BCUT2D eigenvalue weighted by Crippen LogP contribution is 2.36. The van der Waals surface area contributed by atoms with Crippen molar-refractivity contribution < 1.29 is 5.11 Å². The van der Waals surface area contributed by atoms with Gasteiger partial charge in [0, 0.05) is 23.2 Å². The van der Waals surface area contributed by atoms with Crippen LogP contribution >= 0.6 is 0 Å². The van der Waals surface area contributed by atoms with Crippen LogP contribution in [-0.2, 0) is 0 Å². The highest BCUT2D eigenvalue weighted by molar-refractivity contribution is 5.56. The Morgan fingerprint density at radius 2 is 1.42 bits per heavy atom. The molecular formula is C23H26N2O. The summed E-state index contributed by atoms with van der Waals surface area (Å²) in [6.45, 7) is 6.03. The van der Waals surface area contributed by atoms with Crippen LogP contribution in [0.5, 0.6) is 0 Å². The molecule has 134 valence electrons. The van der Waals surface area contributed by atoms with E-state index in [0.717, 1.165) is 28.1 Å². The van der Waals surface area contributed by atoms with Crippen LogP contribution in [0.1, 0.15) is 35.1 Å². The quantitative estimate of drug-likeness (QED) is 0.671. The number of anilines is 2. The third-order valence-corrected chi connectivity index (χ3v) is 5.08. The molecule has 0 amide bonds. The molecule has 0 spiro atoms. The minimum absolute atomic E-state index is 0.00529. The van der Waals surface area contributed by atoms with E-state index in [4.69, 9.17) is 11.5 Å². The molecule has 1 atom stereocenters. The molecule has 0 bridgehead atoms. The second-order valence-corrected chi connectivity index (χ2v) is 7.07. The molecule has 2 aromatic carbocycles. The van der Waals surface area contributed by atoms with E-state index in [1.807, 2.05) is 45.1 Å². The molecule has 1 aliphatic carbocycles. The van der Waals surface area contributed by atoms with Gasteiger partial charge in [0.25, 0.3) is 0 Å². The van der Waals surface area contributed by atoms with E-state index in [2.05, 4.69) is 30.3 Å². The number of aliphatic hydroxyl groups excluding tert-OH is 1. The van der Waals surface area contributed by atoms with E-state index in [1.54, 1.807) is 6.08 Å². The lowest BCUT2D eigenvalue weighted by atomic mass is 9.83. The van der Waals surface area contributed by atoms with Gasteiger partial charge in [0.1, 0.15) is 0 Å². The van der Waals surface area contributed by atoms with Crippen LogP contribution in [-0.4, -0.2) is 5.11 Å². The lowest BCUT2D eigenvalue weighted by molar-refractivity contribution is 0.366. The van der Waals surface area contributed by atoms with Crippen molar-refractivity contribution in [2.75, 3.05) is 11.5 Å². The molecule has 0 fully saturated rings. The molecule has 1 unspecified atom stereocenters. The number of hydrogen-bond acceptors (Lipinski definition) is 3. The number of nitrogens with two attached hydrogens (primary N) is 2. The number of rotatable bonds is 3. The first kappa shape index (κ1) is 17.9. The van der Waals surface area contributed by atoms with Gasteiger partial charge in [-0.1, -0.05) is 49.4 Å². The zero-order valence-electron chi connectivity index (χ0n) is 15.5. The first-order valence-corrected chi connectivity index (χ1v) is 8.88. The van der Waals surface area contributed by atoms with E-state index >= 15 is 0 Å². The second-order valence-electron chi connectivity index (χ2n) is 7.07. The molecule has 5 N–H and O–H groups in total. The van der Waals surface area contributed by atoms with Gasteiger partial charge in [0.05, 0.1) is 5.76 Å². The zero-order valence-corrected chi connectivity index (χ0v) is 15.5. The number of aliphatic hydroxyl groups is 1. The molecule has 0 radical (unpaired) electrons. The number of benzene rings is 2. The number of allylic oxidation sites excluding steroid dienone is 5. The van der Waals surface area contributed by atoms with E-state index in [1.165, 1.54) is 11.1 Å². The maximum Gasteiger partial charge on any atom is 0.0988 e. The zero-order chi connectivity index (χ0) is 18.8. The van der Waals surface area contributed by atoms with E-state index in [9.17, 15) is 5.11 Å². The van der Waals surface area contributed by atoms with Crippen molar-refractivity contribution in [2.45, 2.75) is 26.7 Å². The Kier molecular flexibility index (Phi) is 4.90. The molecule has 3 rings (SSSR count). The standard InChI is InChI=1S/C23H26N2O/c1-14-4-5-17(8-11-22(14)26)23(18-6-9-20(24)15(2)12-18)19-7-10-21(25)16(3)13-19/h4-14,23,26H,24-25H2,1-3H3. The van der Waals surface area contributed by atoms with E-state index < -0.39 is 0 Å². The summed E-state index contributed by atoms with van der Waals surface area (Å²) in [5, 5.41) is 10.1. The largest absolute Gasteiger partial charge is 0.512 e. The minimum Gasteiger partial charge on any atom is -0.512 e. The average Bonchev–Trinajstić information content (AvgIpc) is 2.77. The summed E-state index contributed by atoms with van der Waals surface area (Å²) in [6.07, 6.45) is 7.93. The summed E-state index contributed by atoms with van der Waals surface area (Å²) in [7, 11) is 0. The van der Waals surface area contributed by atoms with Gasteiger partial charge in [0.15, 0.2) is 0 Å². The molecule has 0 aromatic heterocycles. The summed E-state index contributed by atoms with van der Waals surface area (Å²) in [5.41, 5.74) is 19.2. The summed E-state index contributed by atoms with van der Waals surface area (Å²) in [6, 6.07) is 12.3. The third kappa shape index (κ3) is 3.52. The molecule has 3 nitrogen and oxygen atoms in total. The molecule has 0 saturated carbocycles. The van der Waals surface area contributed by atoms with Crippen LogP contribution in [0.4, 0.5) is 11.4 Å². The fourth-order valence-corrected chi connectivity index (χ4v) is 3.27. The summed E-state index contributed by atoms with van der Waals surface area (Å²) < 4.78 is 0. The predicted molar refractivity (Wildman–Crippen MR) is 110 cm³/mol. The van der Waals surface area contributed by atoms with Crippen LogP contribution in [0.25, 0.3) is 0 Å². The Morgan fingerprint density at radius 1 is 0.885 bits per heavy atom. The molecule has 0 heterocycles. The molecule has 0 saturated heterocycles. The Morgan fingerprint density at radius 3 is 1.92 bits per heavy atom. The van der Waals surface area contributed by atoms with Gasteiger partial charge in [-0.3, -0.25) is 0 Å². The van der Waals surface area contributed by atoms with Crippen molar-refractivity contribution in [1.82, 2.24) is 0 Å². The van der Waals surface area contributed by atoms with E-state index in [-0.39, 0.29) is 11.8 Å². The average molecular weight is 346 g/mol. The maximum absolute atomic E-state index is 10.1. The highest BCUT2D eigenvalue weighted by Gasteiger charge is 2.20. The highest BCUT2D eigenvalue weighted by atomic mass is 16.3. The molecule has 0 aliphatic heterocycles. The van der Waals surface area contributed by atoms with Gasteiger partial charge in [-0.05, 0) is 59.9 Å². The lowest BCUT2D eigenvalue weighted by Gasteiger charge is -2.21. The fraction of sp³-hybridized carbons (Fsp3) is 0.217. The topological polar surface area (TPSA) is 72.3 Å². The first-order chi connectivity index (χ1) is 12.4. The van der Waals surface area contributed by atoms with Crippen molar-refractivity contribution in [1.29, 1.82) is 0 Å². The van der Waals surface area contributed by atoms with Crippen LogP contribution in [0.3, 0.4) is 0 Å². The molecule has 3 heteroatoms. The van der Waals surface area contributed by atoms with Gasteiger partial charge in [0.2, 0.25) is 0 Å². The third-order valence-electron chi connectivity index (χ3n) is 5.08. The smallest absolute Gasteiger partial charge is 0.0988 e. The van der Waals surface area contributed by atoms with Crippen molar-refractivity contribution in [2.24, 2.45) is 5.92 Å². The van der Waals surface area contributed by atoms with Gasteiger partial charge in [-0.25, -0.2) is 0 Å². The molecule has 2 aromatic rings. The normalized spacial score (nSPS) is 17.0. The van der Waals surface area contributed by atoms with Gasteiger partial charge < -0.3 is 16.6 Å². The molecule has 26 heavy (non-hydrogen) atoms. The molecule has 1 aliphatic rings. The summed E-state index contributed by atoms with van der Waals surface area (Å²) in [4.78, 5) is 0. The van der Waals surface area contributed by atoms with E-state index in [0.29, 0.717) is 5.76 Å². The maximum atomic E-state index is 10.1. The SMILES string of the molecule is Cc1cc(C(C2=CC=C(O)C(C)C=C2)c2ccc(N)c(C)c2)ccc1N. The first-order valence-electron chi connectivity index (χ1n) is 8.88. The van der Waals surface area contributed by atoms with Gasteiger partial charge >= 0.3 is 0 Å². The summed E-state index contributed by atoms with van der Waals surface area (Å²) in [5.74, 6) is 0.418. The lowest BCUT2D eigenvalue weighted by Crippen LogP contribution is -2.06. The Hall–Kier alpha value is -2.94. The Bertz CT molecular complexity index is 870. The van der Waals surface area contributed by atoms with Crippen molar-refractivity contribution >= 4 is 11.4 Å². The summed E-state index contributed by atoms with van der Waals surface area (Å²) >= 11 is 0. The predicted octanol–water partition coefficient (Wildman–Crippen LogP) is 5.17. The van der Waals surface area contributed by atoms with Crippen molar-refractivity contribution in [3.05, 3.63) is 94.3 Å². The van der Waals surface area contributed by atoms with Crippen LogP contribution < -0.4 is 11.5 Å². The van der Waals surface area contributed by atoms with Crippen LogP contribution in [0.2, 0.25) is 0 Å². The Balaban J connectivity index is 2.17.